The lowest BCUT2D eigenvalue weighted by Gasteiger charge is -2.16. The third-order valence-electron chi connectivity index (χ3n) is 1.63. The average Bonchev–Trinajstić information content (AvgIpc) is 2.16. The minimum atomic E-state index is 0.106. The van der Waals surface area contributed by atoms with Gasteiger partial charge in [0.15, 0.2) is 0 Å². The van der Waals surface area contributed by atoms with Crippen LogP contribution in [0.3, 0.4) is 0 Å². The van der Waals surface area contributed by atoms with Crippen molar-refractivity contribution < 1.29 is 14.2 Å². The predicted molar refractivity (Wildman–Crippen MR) is 56.7 cm³/mol. The lowest BCUT2D eigenvalue weighted by atomic mass is 10.4. The van der Waals surface area contributed by atoms with E-state index in [1.807, 2.05) is 34.1 Å². The van der Waals surface area contributed by atoms with E-state index in [1.54, 1.807) is 6.61 Å². The molecular formula is C11H22O3. The van der Waals surface area contributed by atoms with Crippen LogP contribution in [0.4, 0.5) is 0 Å². The zero-order chi connectivity index (χ0) is 10.8. The fourth-order valence-corrected chi connectivity index (χ4v) is 0.968. The minimum Gasteiger partial charge on any atom is -0.376 e. The van der Waals surface area contributed by atoms with Crippen molar-refractivity contribution in [3.63, 3.8) is 0 Å². The first-order valence-corrected chi connectivity index (χ1v) is 5.16. The monoisotopic (exact) mass is 202 g/mol. The minimum absolute atomic E-state index is 0.106. The fourth-order valence-electron chi connectivity index (χ4n) is 0.968. The summed E-state index contributed by atoms with van der Waals surface area (Å²) in [5.41, 5.74) is 0. The first-order valence-electron chi connectivity index (χ1n) is 5.16. The van der Waals surface area contributed by atoms with Crippen LogP contribution in [-0.4, -0.2) is 32.0 Å². The second kappa shape index (κ2) is 9.44. The molecule has 2 radical (unpaired) electrons. The average molecular weight is 202 g/mol. The van der Waals surface area contributed by atoms with Gasteiger partial charge in [0, 0.05) is 6.61 Å². The van der Waals surface area contributed by atoms with E-state index in [2.05, 4.69) is 0 Å². The highest BCUT2D eigenvalue weighted by Gasteiger charge is 2.06. The van der Waals surface area contributed by atoms with Crippen molar-refractivity contribution in [1.29, 1.82) is 0 Å². The van der Waals surface area contributed by atoms with Gasteiger partial charge in [-0.2, -0.15) is 0 Å². The highest BCUT2D eigenvalue weighted by molar-refractivity contribution is 4.67. The van der Waals surface area contributed by atoms with Gasteiger partial charge in [-0.25, -0.2) is 0 Å². The highest BCUT2D eigenvalue weighted by Crippen LogP contribution is 1.98. The van der Waals surface area contributed by atoms with Gasteiger partial charge in [-0.15, -0.1) is 0 Å². The maximum atomic E-state index is 5.52. The van der Waals surface area contributed by atoms with E-state index in [0.29, 0.717) is 13.2 Å². The van der Waals surface area contributed by atoms with Crippen LogP contribution in [0.25, 0.3) is 0 Å². The van der Waals surface area contributed by atoms with Crippen molar-refractivity contribution in [3.05, 3.63) is 13.0 Å². The lowest BCUT2D eigenvalue weighted by molar-refractivity contribution is -0.0470. The largest absolute Gasteiger partial charge is 0.376 e. The Hall–Kier alpha value is -0.120. The van der Waals surface area contributed by atoms with Gasteiger partial charge in [-0.1, -0.05) is 6.92 Å². The van der Waals surface area contributed by atoms with Crippen molar-refractivity contribution >= 4 is 0 Å². The Balaban J connectivity index is 3.29. The van der Waals surface area contributed by atoms with Gasteiger partial charge in [0.1, 0.15) is 0 Å². The molecule has 0 aliphatic rings. The van der Waals surface area contributed by atoms with Crippen LogP contribution in [0.2, 0.25) is 0 Å². The van der Waals surface area contributed by atoms with E-state index in [0.717, 1.165) is 6.61 Å². The summed E-state index contributed by atoms with van der Waals surface area (Å²) < 4.78 is 16.0. The Morgan fingerprint density at radius 2 is 1.71 bits per heavy atom. The van der Waals surface area contributed by atoms with Gasteiger partial charge in [0.2, 0.25) is 0 Å². The number of hydrogen-bond acceptors (Lipinski definition) is 3. The molecule has 0 N–H and O–H groups in total. The summed E-state index contributed by atoms with van der Waals surface area (Å²) in [7, 11) is 0. The molecule has 0 aromatic rings. The molecule has 0 amide bonds. The Labute approximate surface area is 87.7 Å². The molecule has 0 aromatic carbocycles. The molecule has 14 heavy (non-hydrogen) atoms. The zero-order valence-electron chi connectivity index (χ0n) is 9.66. The number of ether oxygens (including phenoxy) is 3. The number of rotatable bonds is 9. The maximum absolute atomic E-state index is 5.52. The Morgan fingerprint density at radius 1 is 1.07 bits per heavy atom. The first-order chi connectivity index (χ1) is 6.70. The molecule has 0 aliphatic heterocycles. The molecule has 2 unspecified atom stereocenters. The predicted octanol–water partition coefficient (Wildman–Crippen LogP) is 2.22. The van der Waals surface area contributed by atoms with Crippen LogP contribution in [0.1, 0.15) is 27.7 Å². The first kappa shape index (κ1) is 13.9. The summed E-state index contributed by atoms with van der Waals surface area (Å²) in [6.07, 6.45) is 2.12. The fraction of sp³-hybridized carbons (Fsp3) is 0.818. The van der Waals surface area contributed by atoms with Crippen molar-refractivity contribution in [2.24, 2.45) is 0 Å². The highest BCUT2D eigenvalue weighted by atomic mass is 16.6. The smallest absolute Gasteiger partial charge is 0.0869 e. The molecule has 0 bridgehead atoms. The zero-order valence-corrected chi connectivity index (χ0v) is 9.66. The standard InChI is InChI=1S/C11H22O3/c1-5-7-12-8-10(3)14-9-11(4)13-6-2/h5,7,10-11H,6,8-9H2,1-4H3. The molecule has 3 nitrogen and oxygen atoms in total. The topological polar surface area (TPSA) is 27.7 Å². The Kier molecular flexibility index (Phi) is 9.35. The van der Waals surface area contributed by atoms with E-state index in [9.17, 15) is 0 Å². The van der Waals surface area contributed by atoms with Crippen molar-refractivity contribution in [3.8, 4) is 0 Å². The molecule has 0 rings (SSSR count). The molecule has 0 aromatic heterocycles. The van der Waals surface area contributed by atoms with E-state index >= 15 is 0 Å². The summed E-state index contributed by atoms with van der Waals surface area (Å²) in [6, 6.07) is 0. The molecule has 84 valence electrons. The van der Waals surface area contributed by atoms with Crippen LogP contribution < -0.4 is 0 Å². The summed E-state index contributed by atoms with van der Waals surface area (Å²) in [4.78, 5) is 0. The summed E-state index contributed by atoms with van der Waals surface area (Å²) in [5.74, 6) is 0. The maximum Gasteiger partial charge on any atom is 0.0869 e. The second-order valence-corrected chi connectivity index (χ2v) is 3.21. The quantitative estimate of drug-likeness (QED) is 0.537. The summed E-state index contributed by atoms with van der Waals surface area (Å²) >= 11 is 0. The second-order valence-electron chi connectivity index (χ2n) is 3.21. The van der Waals surface area contributed by atoms with E-state index in [1.165, 1.54) is 0 Å². The van der Waals surface area contributed by atoms with E-state index in [4.69, 9.17) is 14.2 Å². The molecule has 2 atom stereocenters. The van der Waals surface area contributed by atoms with Gasteiger partial charge >= 0.3 is 0 Å². The van der Waals surface area contributed by atoms with Crippen LogP contribution in [0, 0.1) is 13.0 Å². The van der Waals surface area contributed by atoms with Crippen LogP contribution in [0.15, 0.2) is 0 Å². The molecular weight excluding hydrogens is 180 g/mol. The van der Waals surface area contributed by atoms with Crippen LogP contribution in [0.5, 0.6) is 0 Å². The number of hydrogen-bond donors (Lipinski definition) is 0. The molecule has 0 heterocycles. The molecule has 0 saturated heterocycles. The van der Waals surface area contributed by atoms with Crippen molar-refractivity contribution in [2.75, 3.05) is 19.8 Å². The van der Waals surface area contributed by atoms with Crippen LogP contribution in [-0.2, 0) is 14.2 Å². The van der Waals surface area contributed by atoms with E-state index < -0.39 is 0 Å². The van der Waals surface area contributed by atoms with Gasteiger partial charge in [-0.3, -0.25) is 0 Å². The van der Waals surface area contributed by atoms with Crippen LogP contribution >= 0.6 is 0 Å². The van der Waals surface area contributed by atoms with Gasteiger partial charge < -0.3 is 14.2 Å². The third kappa shape index (κ3) is 8.48. The Bertz CT molecular complexity index is 117. The molecule has 0 fully saturated rings. The summed E-state index contributed by atoms with van der Waals surface area (Å²) in [5, 5.41) is 0. The van der Waals surface area contributed by atoms with Gasteiger partial charge in [0.25, 0.3) is 0 Å². The molecule has 0 spiro atoms. The van der Waals surface area contributed by atoms with Gasteiger partial charge in [0.05, 0.1) is 32.0 Å². The molecule has 0 aliphatic carbocycles. The Morgan fingerprint density at radius 3 is 2.29 bits per heavy atom. The van der Waals surface area contributed by atoms with E-state index in [-0.39, 0.29) is 12.2 Å². The normalized spacial score (nSPS) is 15.4. The lowest BCUT2D eigenvalue weighted by Crippen LogP contribution is -2.23. The molecule has 0 saturated carbocycles. The van der Waals surface area contributed by atoms with Crippen molar-refractivity contribution in [2.45, 2.75) is 39.9 Å². The van der Waals surface area contributed by atoms with Crippen molar-refractivity contribution in [1.82, 2.24) is 0 Å². The molecule has 3 heteroatoms. The van der Waals surface area contributed by atoms with Gasteiger partial charge in [-0.05, 0) is 27.2 Å². The third-order valence-corrected chi connectivity index (χ3v) is 1.63. The summed E-state index contributed by atoms with van der Waals surface area (Å²) in [6.45, 7) is 11.5. The SMILES string of the molecule is C[CH][CH]OCC(C)OCC(C)OCC.